The zero-order valence-corrected chi connectivity index (χ0v) is 27.1. The summed E-state index contributed by atoms with van der Waals surface area (Å²) in [7, 11) is 0. The Bertz CT molecular complexity index is 3580. The normalized spacial score (nSPS) is 14.1. The molecule has 51 heavy (non-hydrogen) atoms. The number of hydrogen-bond acceptors (Lipinski definition) is 1. The van der Waals surface area contributed by atoms with Crippen molar-refractivity contribution in [2.75, 3.05) is 0 Å². The van der Waals surface area contributed by atoms with Gasteiger partial charge in [-0.1, -0.05) is 164 Å². The largest absolute Gasteiger partial charge is 0.456 e. The van der Waals surface area contributed by atoms with Gasteiger partial charge in [0.1, 0.15) is 11.2 Å². The van der Waals surface area contributed by atoms with Crippen LogP contribution in [0.1, 0.15) is 11.0 Å². The van der Waals surface area contributed by atoms with Crippen molar-refractivity contribution in [1.82, 2.24) is 0 Å². The van der Waals surface area contributed by atoms with Crippen LogP contribution in [0.5, 0.6) is 0 Å². The molecule has 11 rings (SSSR count). The second-order valence-corrected chi connectivity index (χ2v) is 13.0. The third-order valence-corrected chi connectivity index (χ3v) is 10.3. The average Bonchev–Trinajstić information content (AvgIpc) is 3.66. The second kappa shape index (κ2) is 10.9. The maximum absolute atomic E-state index is 9.50. The van der Waals surface area contributed by atoms with E-state index in [4.69, 9.17) is 9.90 Å². The molecule has 0 saturated heterocycles. The highest BCUT2D eigenvalue weighted by Crippen LogP contribution is 2.47. The van der Waals surface area contributed by atoms with E-state index in [0.717, 1.165) is 65.4 Å². The van der Waals surface area contributed by atoms with Crippen LogP contribution in [0.4, 0.5) is 0 Å². The number of benzene rings is 10. The molecule has 0 unspecified atom stereocenters. The third kappa shape index (κ3) is 4.16. The van der Waals surface area contributed by atoms with E-state index in [-0.39, 0.29) is 45.7 Å². The molecule has 0 aliphatic rings. The fourth-order valence-corrected chi connectivity index (χ4v) is 8.10. The minimum atomic E-state index is -0.430. The minimum absolute atomic E-state index is 0.185. The van der Waals surface area contributed by atoms with E-state index in [0.29, 0.717) is 22.3 Å². The van der Waals surface area contributed by atoms with Gasteiger partial charge in [-0.2, -0.15) is 0 Å². The molecule has 10 aromatic carbocycles. The first-order valence-electron chi connectivity index (χ1n) is 20.9. The van der Waals surface area contributed by atoms with Crippen molar-refractivity contribution in [2.45, 2.75) is 0 Å². The Labute approximate surface area is 305 Å². The van der Waals surface area contributed by atoms with Crippen molar-refractivity contribution in [2.24, 2.45) is 0 Å². The molecule has 0 spiro atoms. The zero-order valence-electron chi connectivity index (χ0n) is 35.1. The SMILES string of the molecule is [2H]c1c([2H])c([2H])c2c(-c3cccc4c(-c5ccc6c(c5)oc5ccc7ccccc7c56)cccc34)c3c([2H])c([2H])c([2H])c([2H])c3c(-c3cccc4ccccc34)c2c1[2H]. The van der Waals surface area contributed by atoms with Crippen LogP contribution in [-0.2, 0) is 0 Å². The first-order valence-corrected chi connectivity index (χ1v) is 16.9. The van der Waals surface area contributed by atoms with Gasteiger partial charge in [0.05, 0.1) is 11.0 Å². The van der Waals surface area contributed by atoms with Gasteiger partial charge in [-0.25, -0.2) is 0 Å². The molecule has 0 bridgehead atoms. The molecule has 0 radical (unpaired) electrons. The molecule has 0 N–H and O–H groups in total. The van der Waals surface area contributed by atoms with Crippen molar-refractivity contribution in [3.63, 3.8) is 0 Å². The fraction of sp³-hybridized carbons (Fsp3) is 0. The summed E-state index contributed by atoms with van der Waals surface area (Å²) in [5.41, 5.74) is 5.20. The van der Waals surface area contributed by atoms with Gasteiger partial charge in [0.25, 0.3) is 0 Å². The first-order chi connectivity index (χ1) is 28.6. The molecule has 1 aromatic heterocycles. The molecule has 1 heteroatoms. The molecule has 0 atom stereocenters. The van der Waals surface area contributed by atoms with Gasteiger partial charge in [0.15, 0.2) is 0 Å². The van der Waals surface area contributed by atoms with Gasteiger partial charge in [0, 0.05) is 10.8 Å². The molecule has 0 aliphatic heterocycles. The lowest BCUT2D eigenvalue weighted by Gasteiger charge is -2.20. The molecule has 1 heterocycles. The van der Waals surface area contributed by atoms with Crippen molar-refractivity contribution >= 4 is 75.8 Å². The lowest BCUT2D eigenvalue weighted by atomic mass is 9.83. The summed E-state index contributed by atoms with van der Waals surface area (Å²) < 4.78 is 79.9. The molecule has 11 aromatic rings. The predicted molar refractivity (Wildman–Crippen MR) is 218 cm³/mol. The highest BCUT2D eigenvalue weighted by molar-refractivity contribution is 6.26. The quantitative estimate of drug-likeness (QED) is 0.173. The Balaban J connectivity index is 1.27. The Kier molecular flexibility index (Phi) is 4.57. The van der Waals surface area contributed by atoms with Crippen molar-refractivity contribution in [3.05, 3.63) is 182 Å². The zero-order chi connectivity index (χ0) is 40.4. The second-order valence-electron chi connectivity index (χ2n) is 13.0. The van der Waals surface area contributed by atoms with Gasteiger partial charge in [-0.05, 0) is 105 Å². The van der Waals surface area contributed by atoms with Gasteiger partial charge in [-0.15, -0.1) is 0 Å². The summed E-state index contributed by atoms with van der Waals surface area (Å²) in [6.07, 6.45) is 0. The molecular weight excluding hydrogens is 617 g/mol. The van der Waals surface area contributed by atoms with Crippen LogP contribution in [-0.4, -0.2) is 0 Å². The van der Waals surface area contributed by atoms with E-state index < -0.39 is 24.2 Å². The monoisotopic (exact) mass is 654 g/mol. The Morgan fingerprint density at radius 3 is 1.55 bits per heavy atom. The third-order valence-electron chi connectivity index (χ3n) is 10.3. The molecule has 0 aliphatic carbocycles. The highest BCUT2D eigenvalue weighted by atomic mass is 16.3. The molecular formula is C50H30O. The van der Waals surface area contributed by atoms with Crippen molar-refractivity contribution < 1.29 is 15.4 Å². The topological polar surface area (TPSA) is 13.1 Å². The Hall–Kier alpha value is -6.70. The van der Waals surface area contributed by atoms with E-state index in [9.17, 15) is 5.48 Å². The highest BCUT2D eigenvalue weighted by Gasteiger charge is 2.20. The molecule has 236 valence electrons. The minimum Gasteiger partial charge on any atom is -0.456 e. The smallest absolute Gasteiger partial charge is 0.136 e. The molecule has 0 saturated carbocycles. The van der Waals surface area contributed by atoms with Gasteiger partial charge < -0.3 is 4.42 Å². The van der Waals surface area contributed by atoms with Crippen molar-refractivity contribution in [3.8, 4) is 33.4 Å². The van der Waals surface area contributed by atoms with Gasteiger partial charge >= 0.3 is 0 Å². The predicted octanol–water partition coefficient (Wildman–Crippen LogP) is 14.4. The summed E-state index contributed by atoms with van der Waals surface area (Å²) >= 11 is 0. The van der Waals surface area contributed by atoms with E-state index in [1.807, 2.05) is 103 Å². The van der Waals surface area contributed by atoms with E-state index in [1.54, 1.807) is 0 Å². The maximum atomic E-state index is 9.50. The maximum Gasteiger partial charge on any atom is 0.136 e. The standard InChI is InChI=1S/C50H30O/c1-3-15-34-31(12-1)14-9-24-39(34)48-41-17-5-7-19-43(41)49(44-20-8-6-18-42(44)48)40-25-11-22-37-35(21-10-23-38(37)40)33-26-28-45-47(30-33)51-46-29-27-32-13-2-4-16-36(32)50(45)46/h1-30H/i5D,6D,7D,8D,17D,18D,19D,20D. The number of fused-ring (bicyclic) bond motifs is 9. The molecule has 1 nitrogen and oxygen atoms in total. The van der Waals surface area contributed by atoms with Crippen LogP contribution >= 0.6 is 0 Å². The van der Waals surface area contributed by atoms with E-state index >= 15 is 0 Å². The van der Waals surface area contributed by atoms with Crippen LogP contribution in [0.15, 0.2) is 186 Å². The first kappa shape index (κ1) is 21.4. The van der Waals surface area contributed by atoms with Gasteiger partial charge in [0.2, 0.25) is 0 Å². The van der Waals surface area contributed by atoms with E-state index in [1.165, 1.54) is 0 Å². The van der Waals surface area contributed by atoms with Crippen LogP contribution in [0.25, 0.3) is 109 Å². The Morgan fingerprint density at radius 1 is 0.353 bits per heavy atom. The molecule has 0 fully saturated rings. The summed E-state index contributed by atoms with van der Waals surface area (Å²) in [4.78, 5) is 0. The number of furan rings is 1. The van der Waals surface area contributed by atoms with Crippen LogP contribution < -0.4 is 0 Å². The van der Waals surface area contributed by atoms with Crippen LogP contribution in [0.2, 0.25) is 0 Å². The average molecular weight is 655 g/mol. The Morgan fingerprint density at radius 2 is 0.863 bits per heavy atom. The number of rotatable bonds is 3. The summed E-state index contributed by atoms with van der Waals surface area (Å²) in [6.45, 7) is 0. The van der Waals surface area contributed by atoms with Gasteiger partial charge in [-0.3, -0.25) is 0 Å². The van der Waals surface area contributed by atoms with E-state index in [2.05, 4.69) is 30.3 Å². The fourth-order valence-electron chi connectivity index (χ4n) is 8.10. The summed E-state index contributed by atoms with van der Waals surface area (Å²) in [6, 6.07) is 40.7. The summed E-state index contributed by atoms with van der Waals surface area (Å²) in [5.74, 6) is 0. The van der Waals surface area contributed by atoms with Crippen LogP contribution in [0.3, 0.4) is 0 Å². The molecule has 0 amide bonds. The lowest BCUT2D eigenvalue weighted by Crippen LogP contribution is -1.92. The van der Waals surface area contributed by atoms with Crippen LogP contribution in [0, 0.1) is 0 Å². The van der Waals surface area contributed by atoms with Crippen molar-refractivity contribution in [1.29, 1.82) is 0 Å². The number of hydrogen-bond donors (Lipinski definition) is 0. The summed E-state index contributed by atoms with van der Waals surface area (Å²) in [5, 5.41) is 8.35. The lowest BCUT2D eigenvalue weighted by molar-refractivity contribution is 0.669.